The normalized spacial score (nSPS) is 13.3. The zero-order valence-electron chi connectivity index (χ0n) is 12.3. The lowest BCUT2D eigenvalue weighted by molar-refractivity contribution is 0.446. The van der Waals surface area contributed by atoms with Crippen LogP contribution in [-0.2, 0) is 26.6 Å². The van der Waals surface area contributed by atoms with Crippen LogP contribution in [0.25, 0.3) is 0 Å². The summed E-state index contributed by atoms with van der Waals surface area (Å²) in [6.07, 6.45) is 1.02. The molecule has 1 rings (SSSR count). The molecule has 0 aliphatic carbocycles. The van der Waals surface area contributed by atoms with E-state index >= 15 is 0 Å². The second kappa shape index (κ2) is 6.41. The van der Waals surface area contributed by atoms with Crippen LogP contribution in [0.4, 0.5) is 0 Å². The van der Waals surface area contributed by atoms with Crippen molar-refractivity contribution in [2.45, 2.75) is 30.8 Å². The molecule has 0 radical (unpaired) electrons. The molecule has 0 saturated carbocycles. The van der Waals surface area contributed by atoms with E-state index in [0.717, 1.165) is 6.26 Å². The van der Waals surface area contributed by atoms with Crippen LogP contribution in [0.15, 0.2) is 29.2 Å². The molecule has 0 aliphatic heterocycles. The van der Waals surface area contributed by atoms with Crippen molar-refractivity contribution in [2.24, 2.45) is 5.73 Å². The molecule has 7 nitrogen and oxygen atoms in total. The lowest BCUT2D eigenvalue weighted by Gasteiger charge is -2.25. The van der Waals surface area contributed by atoms with Gasteiger partial charge in [-0.2, -0.15) is 0 Å². The summed E-state index contributed by atoms with van der Waals surface area (Å²) in [5, 5.41) is 0. The molecule has 0 atom stereocenters. The summed E-state index contributed by atoms with van der Waals surface area (Å²) in [6.45, 7) is 3.35. The highest BCUT2D eigenvalue weighted by atomic mass is 32.2. The Labute approximate surface area is 126 Å². The van der Waals surface area contributed by atoms with E-state index in [2.05, 4.69) is 9.44 Å². The first-order chi connectivity index (χ1) is 9.45. The first-order valence-electron chi connectivity index (χ1n) is 6.23. The minimum atomic E-state index is -3.72. The van der Waals surface area contributed by atoms with Gasteiger partial charge in [0, 0.05) is 18.6 Å². The van der Waals surface area contributed by atoms with Crippen molar-refractivity contribution < 1.29 is 16.8 Å². The van der Waals surface area contributed by atoms with Crippen LogP contribution in [0.5, 0.6) is 0 Å². The van der Waals surface area contributed by atoms with E-state index in [1.807, 2.05) is 0 Å². The maximum atomic E-state index is 12.2. The van der Waals surface area contributed by atoms with Crippen molar-refractivity contribution in [3.8, 4) is 0 Å². The summed E-state index contributed by atoms with van der Waals surface area (Å²) < 4.78 is 51.6. The Kier molecular flexibility index (Phi) is 5.51. The number of nitrogens with one attached hydrogen (secondary N) is 2. The van der Waals surface area contributed by atoms with Gasteiger partial charge in [0.2, 0.25) is 20.0 Å². The summed E-state index contributed by atoms with van der Waals surface area (Å²) >= 11 is 0. The summed E-state index contributed by atoms with van der Waals surface area (Å²) in [7, 11) is -7.15. The molecule has 0 bridgehead atoms. The van der Waals surface area contributed by atoms with Crippen molar-refractivity contribution in [1.29, 1.82) is 0 Å². The third-order valence-corrected chi connectivity index (χ3v) is 4.93. The number of rotatable bonds is 7. The molecule has 0 spiro atoms. The van der Waals surface area contributed by atoms with E-state index in [9.17, 15) is 16.8 Å². The Morgan fingerprint density at radius 1 is 1.19 bits per heavy atom. The minimum absolute atomic E-state index is 0.0742. The van der Waals surface area contributed by atoms with Crippen LogP contribution < -0.4 is 15.2 Å². The van der Waals surface area contributed by atoms with Crippen LogP contribution in [-0.4, -0.2) is 35.2 Å². The van der Waals surface area contributed by atoms with Gasteiger partial charge in [0.05, 0.1) is 11.2 Å². The molecular formula is C12H21N3O4S2. The molecule has 1 aromatic carbocycles. The zero-order valence-corrected chi connectivity index (χ0v) is 13.9. The summed E-state index contributed by atoms with van der Waals surface area (Å²) in [5.41, 5.74) is 5.24. The van der Waals surface area contributed by atoms with Gasteiger partial charge >= 0.3 is 0 Å². The van der Waals surface area contributed by atoms with Crippen molar-refractivity contribution in [1.82, 2.24) is 9.44 Å². The zero-order chi connectivity index (χ0) is 16.3. The van der Waals surface area contributed by atoms with E-state index in [1.165, 1.54) is 12.1 Å². The molecule has 1 aromatic rings. The van der Waals surface area contributed by atoms with Gasteiger partial charge in [-0.05, 0) is 31.5 Å². The maximum Gasteiger partial charge on any atom is 0.240 e. The standard InChI is InChI=1S/C12H21N3O4S2/c1-12(2,15-20(3,16)17)9-14-21(18,19)11-6-4-5-10(7-11)8-13/h4-7,14-15H,8-9,13H2,1-3H3. The summed E-state index contributed by atoms with van der Waals surface area (Å²) in [6, 6.07) is 6.28. The van der Waals surface area contributed by atoms with E-state index in [0.29, 0.717) is 5.56 Å². The molecule has 4 N–H and O–H groups in total. The Hall–Kier alpha value is -1.00. The van der Waals surface area contributed by atoms with Crippen LogP contribution in [0.3, 0.4) is 0 Å². The average Bonchev–Trinajstić information content (AvgIpc) is 2.34. The molecule has 120 valence electrons. The fourth-order valence-electron chi connectivity index (χ4n) is 1.74. The monoisotopic (exact) mass is 335 g/mol. The average molecular weight is 335 g/mol. The molecule has 0 unspecified atom stereocenters. The number of benzene rings is 1. The molecule has 0 fully saturated rings. The second-order valence-electron chi connectivity index (χ2n) is 5.43. The third-order valence-electron chi connectivity index (χ3n) is 2.61. The van der Waals surface area contributed by atoms with Gasteiger partial charge in [-0.25, -0.2) is 26.3 Å². The number of hydrogen-bond acceptors (Lipinski definition) is 5. The molecule has 9 heteroatoms. The highest BCUT2D eigenvalue weighted by molar-refractivity contribution is 7.89. The smallest absolute Gasteiger partial charge is 0.240 e. The fourth-order valence-corrected chi connectivity index (χ4v) is 4.09. The van der Waals surface area contributed by atoms with E-state index in [1.54, 1.807) is 26.0 Å². The molecule has 0 amide bonds. The van der Waals surface area contributed by atoms with Gasteiger partial charge in [0.1, 0.15) is 0 Å². The predicted octanol–water partition coefficient (Wildman–Crippen LogP) is -0.249. The first kappa shape index (κ1) is 18.1. The van der Waals surface area contributed by atoms with Gasteiger partial charge in [-0.1, -0.05) is 12.1 Å². The minimum Gasteiger partial charge on any atom is -0.326 e. The van der Waals surface area contributed by atoms with Crippen molar-refractivity contribution in [2.75, 3.05) is 12.8 Å². The molecule has 0 heterocycles. The van der Waals surface area contributed by atoms with Crippen LogP contribution in [0, 0.1) is 0 Å². The molecular weight excluding hydrogens is 314 g/mol. The van der Waals surface area contributed by atoms with Crippen LogP contribution in [0.2, 0.25) is 0 Å². The van der Waals surface area contributed by atoms with Gasteiger partial charge in [-0.15, -0.1) is 0 Å². The fraction of sp³-hybridized carbons (Fsp3) is 0.500. The van der Waals surface area contributed by atoms with E-state index in [-0.39, 0.29) is 18.0 Å². The second-order valence-corrected chi connectivity index (χ2v) is 8.95. The molecule has 0 aromatic heterocycles. The lowest BCUT2D eigenvalue weighted by atomic mass is 10.1. The molecule has 0 saturated heterocycles. The maximum absolute atomic E-state index is 12.2. The largest absolute Gasteiger partial charge is 0.326 e. The molecule has 21 heavy (non-hydrogen) atoms. The number of nitrogens with two attached hydrogens (primary N) is 1. The molecule has 0 aliphatic rings. The Morgan fingerprint density at radius 3 is 2.33 bits per heavy atom. The lowest BCUT2D eigenvalue weighted by Crippen LogP contribution is -2.50. The van der Waals surface area contributed by atoms with Gasteiger partial charge in [-0.3, -0.25) is 0 Å². The van der Waals surface area contributed by atoms with Gasteiger partial charge in [0.25, 0.3) is 0 Å². The van der Waals surface area contributed by atoms with Gasteiger partial charge in [0.15, 0.2) is 0 Å². The first-order valence-corrected chi connectivity index (χ1v) is 9.60. The topological polar surface area (TPSA) is 118 Å². The Balaban J connectivity index is 2.86. The van der Waals surface area contributed by atoms with Crippen molar-refractivity contribution in [3.63, 3.8) is 0 Å². The highest BCUT2D eigenvalue weighted by Crippen LogP contribution is 2.12. The van der Waals surface area contributed by atoms with Gasteiger partial charge < -0.3 is 5.73 Å². The summed E-state index contributed by atoms with van der Waals surface area (Å²) in [4.78, 5) is 0.0978. The van der Waals surface area contributed by atoms with Crippen LogP contribution >= 0.6 is 0 Å². The quantitative estimate of drug-likeness (QED) is 0.635. The van der Waals surface area contributed by atoms with Crippen molar-refractivity contribution >= 4 is 20.0 Å². The van der Waals surface area contributed by atoms with E-state index < -0.39 is 25.6 Å². The third kappa shape index (κ3) is 6.10. The number of sulfonamides is 2. The Morgan fingerprint density at radius 2 is 1.81 bits per heavy atom. The predicted molar refractivity (Wildman–Crippen MR) is 81.6 cm³/mol. The Bertz CT molecular complexity index is 697. The van der Waals surface area contributed by atoms with Crippen LogP contribution in [0.1, 0.15) is 19.4 Å². The van der Waals surface area contributed by atoms with Crippen molar-refractivity contribution in [3.05, 3.63) is 29.8 Å². The summed E-state index contributed by atoms with van der Waals surface area (Å²) in [5.74, 6) is 0. The highest BCUT2D eigenvalue weighted by Gasteiger charge is 2.25. The SMILES string of the molecule is CC(C)(CNS(=O)(=O)c1cccc(CN)c1)NS(C)(=O)=O. The van der Waals surface area contributed by atoms with E-state index in [4.69, 9.17) is 5.73 Å². The number of hydrogen-bond donors (Lipinski definition) is 3.